The Morgan fingerprint density at radius 2 is 2.11 bits per heavy atom. The zero-order valence-corrected chi connectivity index (χ0v) is 5.35. The first-order chi connectivity index (χ1) is 3.68. The van der Waals surface area contributed by atoms with Crippen LogP contribution in [0.25, 0.3) is 0 Å². The molecule has 0 spiro atoms. The first-order valence-corrected chi connectivity index (χ1v) is 2.91. The van der Waals surface area contributed by atoms with Crippen LogP contribution in [0.5, 0.6) is 0 Å². The van der Waals surface area contributed by atoms with Gasteiger partial charge in [0.25, 0.3) is 0 Å². The second-order valence-electron chi connectivity index (χ2n) is 2.03. The number of aliphatic carboxylic acids is 1. The van der Waals surface area contributed by atoms with Gasteiger partial charge in [0.15, 0.2) is 0 Å². The van der Waals surface area contributed by atoms with Gasteiger partial charge in [-0.2, -0.15) is 0 Å². The molecule has 0 heterocycles. The molecule has 0 aromatic rings. The molecule has 1 atom stereocenters. The van der Waals surface area contributed by atoms with Gasteiger partial charge in [0.1, 0.15) is 0 Å². The third kappa shape index (κ3) is 6.35. The first kappa shape index (κ1) is 12.2. The molecule has 0 aliphatic carbocycles. The maximum absolute atomic E-state index is 10.1. The van der Waals surface area contributed by atoms with E-state index in [0.29, 0.717) is 0 Å². The van der Waals surface area contributed by atoms with Gasteiger partial charge in [-0.3, -0.25) is 4.79 Å². The van der Waals surface area contributed by atoms with E-state index in [-0.39, 0.29) is 35.5 Å². The number of rotatable bonds is 3. The minimum atomic E-state index is -0.688. The summed E-state index contributed by atoms with van der Waals surface area (Å²) < 4.78 is 0. The Balaban J connectivity index is 0. The summed E-state index contributed by atoms with van der Waals surface area (Å²) in [5.41, 5.74) is 0. The number of carbonyl (C=O) groups is 1. The Hall–Kier alpha value is 0.470. The molecule has 2 nitrogen and oxygen atoms in total. The molecule has 50 valence electrons. The van der Waals surface area contributed by atoms with Crippen molar-refractivity contribution in [2.24, 2.45) is 5.92 Å². The molecule has 0 amide bonds. The summed E-state index contributed by atoms with van der Waals surface area (Å²) >= 11 is 0. The maximum atomic E-state index is 10.1. The quantitative estimate of drug-likeness (QED) is 0.590. The van der Waals surface area contributed by atoms with Crippen molar-refractivity contribution in [3.8, 4) is 0 Å². The SMILES string of the molecule is CCCC(C)C(=O)O.[NaH]. The molecule has 0 saturated heterocycles. The average molecular weight is 140 g/mol. The van der Waals surface area contributed by atoms with Crippen LogP contribution < -0.4 is 0 Å². The Kier molecular flexibility index (Phi) is 8.91. The topological polar surface area (TPSA) is 37.3 Å². The predicted molar refractivity (Wildman–Crippen MR) is 38.9 cm³/mol. The molecule has 1 unspecified atom stereocenters. The van der Waals surface area contributed by atoms with Crippen molar-refractivity contribution in [2.45, 2.75) is 26.7 Å². The second kappa shape index (κ2) is 6.59. The van der Waals surface area contributed by atoms with Crippen molar-refractivity contribution < 1.29 is 9.90 Å². The summed E-state index contributed by atoms with van der Waals surface area (Å²) in [6.07, 6.45) is 1.74. The van der Waals surface area contributed by atoms with E-state index in [2.05, 4.69) is 0 Å². The molecule has 0 fully saturated rings. The van der Waals surface area contributed by atoms with E-state index in [1.54, 1.807) is 6.92 Å². The molecule has 1 N–H and O–H groups in total. The van der Waals surface area contributed by atoms with Crippen LogP contribution in [0.1, 0.15) is 26.7 Å². The second-order valence-corrected chi connectivity index (χ2v) is 2.03. The third-order valence-corrected chi connectivity index (χ3v) is 1.14. The number of hydrogen-bond acceptors (Lipinski definition) is 1. The van der Waals surface area contributed by atoms with Crippen LogP contribution in [-0.2, 0) is 4.79 Å². The van der Waals surface area contributed by atoms with Gasteiger partial charge >= 0.3 is 35.5 Å². The van der Waals surface area contributed by atoms with Crippen LogP contribution in [0.2, 0.25) is 0 Å². The molecule has 0 saturated carbocycles. The summed E-state index contributed by atoms with van der Waals surface area (Å²) in [6, 6.07) is 0. The Morgan fingerprint density at radius 3 is 2.22 bits per heavy atom. The fourth-order valence-electron chi connectivity index (χ4n) is 0.556. The number of carboxylic acid groups (broad SMARTS) is 1. The van der Waals surface area contributed by atoms with Gasteiger partial charge in [0.05, 0.1) is 5.92 Å². The molecule has 0 bridgehead atoms. The average Bonchev–Trinajstić information content (AvgIpc) is 1.67. The fraction of sp³-hybridized carbons (Fsp3) is 0.833. The van der Waals surface area contributed by atoms with Crippen LogP contribution in [0.4, 0.5) is 0 Å². The van der Waals surface area contributed by atoms with Crippen LogP contribution in [0, 0.1) is 5.92 Å². The van der Waals surface area contributed by atoms with Gasteiger partial charge in [-0.05, 0) is 6.42 Å². The Labute approximate surface area is 77.9 Å². The van der Waals surface area contributed by atoms with Gasteiger partial charge in [0.2, 0.25) is 0 Å². The van der Waals surface area contributed by atoms with Crippen molar-refractivity contribution in [1.29, 1.82) is 0 Å². The molecular weight excluding hydrogens is 127 g/mol. The number of hydrogen-bond donors (Lipinski definition) is 1. The van der Waals surface area contributed by atoms with Gasteiger partial charge in [0, 0.05) is 0 Å². The monoisotopic (exact) mass is 140 g/mol. The van der Waals surface area contributed by atoms with Crippen LogP contribution in [0.3, 0.4) is 0 Å². The van der Waals surface area contributed by atoms with Crippen LogP contribution in [-0.4, -0.2) is 40.6 Å². The zero-order chi connectivity index (χ0) is 6.57. The summed E-state index contributed by atoms with van der Waals surface area (Å²) in [6.45, 7) is 3.71. The summed E-state index contributed by atoms with van der Waals surface area (Å²) in [5.74, 6) is -0.855. The van der Waals surface area contributed by atoms with E-state index >= 15 is 0 Å². The summed E-state index contributed by atoms with van der Waals surface area (Å²) in [4.78, 5) is 10.1. The van der Waals surface area contributed by atoms with E-state index in [0.717, 1.165) is 12.8 Å². The molecule has 0 aliphatic rings. The Morgan fingerprint density at radius 1 is 1.67 bits per heavy atom. The minimum absolute atomic E-state index is 0. The molecule has 9 heavy (non-hydrogen) atoms. The van der Waals surface area contributed by atoms with Crippen molar-refractivity contribution >= 4 is 35.5 Å². The molecule has 3 heteroatoms. The van der Waals surface area contributed by atoms with E-state index in [9.17, 15) is 4.79 Å². The van der Waals surface area contributed by atoms with E-state index in [1.165, 1.54) is 0 Å². The zero-order valence-electron chi connectivity index (χ0n) is 5.35. The normalized spacial score (nSPS) is 11.8. The molecule has 0 radical (unpaired) electrons. The van der Waals surface area contributed by atoms with Crippen molar-refractivity contribution in [2.75, 3.05) is 0 Å². The number of carboxylic acids is 1. The van der Waals surface area contributed by atoms with E-state index in [4.69, 9.17) is 5.11 Å². The van der Waals surface area contributed by atoms with Crippen molar-refractivity contribution in [3.05, 3.63) is 0 Å². The summed E-state index contributed by atoms with van der Waals surface area (Å²) in [5, 5.41) is 8.31. The van der Waals surface area contributed by atoms with Crippen LogP contribution in [0.15, 0.2) is 0 Å². The van der Waals surface area contributed by atoms with Crippen molar-refractivity contribution in [3.63, 3.8) is 0 Å². The van der Waals surface area contributed by atoms with E-state index in [1.807, 2.05) is 6.92 Å². The first-order valence-electron chi connectivity index (χ1n) is 2.91. The van der Waals surface area contributed by atoms with Gasteiger partial charge in [-0.15, -0.1) is 0 Å². The summed E-state index contributed by atoms with van der Waals surface area (Å²) in [7, 11) is 0. The van der Waals surface area contributed by atoms with Crippen LogP contribution >= 0.6 is 0 Å². The standard InChI is InChI=1S/C6H12O2.Na.H/c1-3-4-5(2)6(7)8;;/h5H,3-4H2,1-2H3,(H,7,8);;. The molecular formula is C6H13NaO2. The molecule has 0 aromatic heterocycles. The van der Waals surface area contributed by atoms with Gasteiger partial charge < -0.3 is 5.11 Å². The van der Waals surface area contributed by atoms with E-state index < -0.39 is 5.97 Å². The molecule has 0 rings (SSSR count). The molecule has 0 aliphatic heterocycles. The predicted octanol–water partition coefficient (Wildman–Crippen LogP) is 0.859. The fourth-order valence-corrected chi connectivity index (χ4v) is 0.556. The van der Waals surface area contributed by atoms with Crippen molar-refractivity contribution in [1.82, 2.24) is 0 Å². The molecule has 0 aromatic carbocycles. The van der Waals surface area contributed by atoms with Gasteiger partial charge in [-0.1, -0.05) is 20.3 Å². The van der Waals surface area contributed by atoms with Gasteiger partial charge in [-0.25, -0.2) is 0 Å². The third-order valence-electron chi connectivity index (χ3n) is 1.14. The Bertz CT molecular complexity index is 83.1.